The van der Waals surface area contributed by atoms with Crippen LogP contribution >= 0.6 is 0 Å². The maximum atomic E-state index is 13.6. The second-order valence-electron chi connectivity index (χ2n) is 5.65. The van der Waals surface area contributed by atoms with E-state index in [1.165, 1.54) is 37.8 Å². The molecule has 1 aromatic rings. The highest BCUT2D eigenvalue weighted by molar-refractivity contribution is 5.35. The molecule has 0 bridgehead atoms. The largest absolute Gasteiger partial charge is 0.304 e. The quantitative estimate of drug-likeness (QED) is 0.586. The molecule has 5 heteroatoms. The molecular formula is C14H17FN2O2. The highest BCUT2D eigenvalue weighted by Crippen LogP contribution is 2.35. The lowest BCUT2D eigenvalue weighted by molar-refractivity contribution is -0.387. The summed E-state index contributed by atoms with van der Waals surface area (Å²) in [6.45, 7) is 1.79. The van der Waals surface area contributed by atoms with Crippen LogP contribution in [0.25, 0.3) is 0 Å². The molecule has 102 valence electrons. The van der Waals surface area contributed by atoms with Gasteiger partial charge in [-0.05, 0) is 43.2 Å². The first-order valence-corrected chi connectivity index (χ1v) is 6.80. The molecule has 0 unspecified atom stereocenters. The van der Waals surface area contributed by atoms with Crippen molar-refractivity contribution in [3.63, 3.8) is 0 Å². The van der Waals surface area contributed by atoms with Crippen LogP contribution in [0.3, 0.4) is 0 Å². The summed E-state index contributed by atoms with van der Waals surface area (Å²) in [7, 11) is 0. The van der Waals surface area contributed by atoms with Crippen LogP contribution in [0.5, 0.6) is 0 Å². The van der Waals surface area contributed by atoms with Gasteiger partial charge in [0, 0.05) is 25.2 Å². The minimum absolute atomic E-state index is 0.441. The van der Waals surface area contributed by atoms with Crippen LogP contribution in [0.4, 0.5) is 10.1 Å². The van der Waals surface area contributed by atoms with Gasteiger partial charge in [-0.1, -0.05) is 6.07 Å². The Morgan fingerprint density at radius 1 is 1.32 bits per heavy atom. The molecule has 0 spiro atoms. The van der Waals surface area contributed by atoms with Crippen LogP contribution in [0.2, 0.25) is 0 Å². The van der Waals surface area contributed by atoms with Crippen molar-refractivity contribution >= 4 is 5.69 Å². The third-order valence-electron chi connectivity index (χ3n) is 3.85. The second kappa shape index (κ2) is 4.89. The molecule has 2 aliphatic rings. The summed E-state index contributed by atoms with van der Waals surface area (Å²) >= 11 is 0. The molecule has 2 fully saturated rings. The Morgan fingerprint density at radius 2 is 2.05 bits per heavy atom. The first-order valence-electron chi connectivity index (χ1n) is 6.80. The standard InChI is InChI=1S/C14H17FN2O2/c15-13-7-11(3-6-14(13)17(18)19)9-16(12-4-5-12)8-10-1-2-10/h3,6-7,10,12H,1-2,4-5,8-9H2. The van der Waals surface area contributed by atoms with E-state index in [1.807, 2.05) is 0 Å². The van der Waals surface area contributed by atoms with E-state index in [1.54, 1.807) is 6.07 Å². The highest BCUT2D eigenvalue weighted by Gasteiger charge is 2.33. The summed E-state index contributed by atoms with van der Waals surface area (Å²) < 4.78 is 13.6. The van der Waals surface area contributed by atoms with E-state index in [4.69, 9.17) is 0 Å². The summed E-state index contributed by atoms with van der Waals surface area (Å²) in [5.74, 6) is 0.0770. The zero-order chi connectivity index (χ0) is 13.4. The fraction of sp³-hybridized carbons (Fsp3) is 0.571. The van der Waals surface area contributed by atoms with Crippen LogP contribution in [0.1, 0.15) is 31.2 Å². The first-order chi connectivity index (χ1) is 9.13. The normalized spacial score (nSPS) is 18.8. The van der Waals surface area contributed by atoms with Crippen molar-refractivity contribution in [1.82, 2.24) is 4.90 Å². The predicted octanol–water partition coefficient (Wildman–Crippen LogP) is 3.11. The SMILES string of the molecule is O=[N+]([O-])c1ccc(CN(CC2CC2)C2CC2)cc1F. The average molecular weight is 264 g/mol. The van der Waals surface area contributed by atoms with E-state index < -0.39 is 16.4 Å². The molecule has 4 nitrogen and oxygen atoms in total. The summed E-state index contributed by atoms with van der Waals surface area (Å²) in [4.78, 5) is 12.3. The Hall–Kier alpha value is -1.49. The third kappa shape index (κ3) is 3.10. The molecule has 0 atom stereocenters. The Morgan fingerprint density at radius 3 is 2.58 bits per heavy atom. The monoisotopic (exact) mass is 264 g/mol. The van der Waals surface area contributed by atoms with Gasteiger partial charge in [0.05, 0.1) is 4.92 Å². The van der Waals surface area contributed by atoms with Gasteiger partial charge in [-0.25, -0.2) is 0 Å². The van der Waals surface area contributed by atoms with E-state index in [0.29, 0.717) is 12.6 Å². The van der Waals surface area contributed by atoms with E-state index >= 15 is 0 Å². The van der Waals surface area contributed by atoms with Gasteiger partial charge in [0.25, 0.3) is 0 Å². The Balaban J connectivity index is 1.70. The maximum absolute atomic E-state index is 13.6. The van der Waals surface area contributed by atoms with E-state index in [0.717, 1.165) is 18.0 Å². The van der Waals surface area contributed by atoms with Crippen LogP contribution < -0.4 is 0 Å². The number of nitro benzene ring substituents is 1. The van der Waals surface area contributed by atoms with Crippen molar-refractivity contribution in [3.8, 4) is 0 Å². The number of benzene rings is 1. The van der Waals surface area contributed by atoms with Crippen molar-refractivity contribution < 1.29 is 9.31 Å². The summed E-state index contributed by atoms with van der Waals surface area (Å²) in [5, 5.41) is 10.6. The molecule has 3 rings (SSSR count). The lowest BCUT2D eigenvalue weighted by Gasteiger charge is -2.21. The zero-order valence-corrected chi connectivity index (χ0v) is 10.7. The van der Waals surface area contributed by atoms with Gasteiger partial charge in [0.1, 0.15) is 0 Å². The van der Waals surface area contributed by atoms with Gasteiger partial charge in [-0.2, -0.15) is 4.39 Å². The van der Waals surface area contributed by atoms with Crippen molar-refractivity contribution in [1.29, 1.82) is 0 Å². The van der Waals surface area contributed by atoms with Crippen LogP contribution in [0, 0.1) is 21.8 Å². The zero-order valence-electron chi connectivity index (χ0n) is 10.7. The van der Waals surface area contributed by atoms with Crippen LogP contribution in [-0.2, 0) is 6.54 Å². The Kier molecular flexibility index (Phi) is 3.22. The molecule has 19 heavy (non-hydrogen) atoms. The molecule has 0 aromatic heterocycles. The molecule has 0 heterocycles. The number of rotatable bonds is 6. The van der Waals surface area contributed by atoms with Crippen LogP contribution in [0.15, 0.2) is 18.2 Å². The van der Waals surface area contributed by atoms with Gasteiger partial charge in [0.15, 0.2) is 0 Å². The molecule has 0 N–H and O–H groups in total. The molecule has 2 aliphatic carbocycles. The third-order valence-corrected chi connectivity index (χ3v) is 3.85. The summed E-state index contributed by atoms with van der Waals surface area (Å²) in [5.41, 5.74) is 0.388. The highest BCUT2D eigenvalue weighted by atomic mass is 19.1. The fourth-order valence-electron chi connectivity index (χ4n) is 2.45. The number of hydrogen-bond donors (Lipinski definition) is 0. The number of nitro groups is 1. The molecule has 0 amide bonds. The molecule has 0 aliphatic heterocycles. The van der Waals surface area contributed by atoms with Gasteiger partial charge < -0.3 is 0 Å². The summed E-state index contributed by atoms with van der Waals surface area (Å²) in [6, 6.07) is 4.88. The molecule has 0 saturated heterocycles. The fourth-order valence-corrected chi connectivity index (χ4v) is 2.45. The number of nitrogens with zero attached hydrogens (tertiary/aromatic N) is 2. The first kappa shape index (κ1) is 12.5. The van der Waals surface area contributed by atoms with Crippen molar-refractivity contribution in [2.45, 2.75) is 38.3 Å². The van der Waals surface area contributed by atoms with Crippen molar-refractivity contribution in [2.24, 2.45) is 5.92 Å². The van der Waals surface area contributed by atoms with E-state index in [-0.39, 0.29) is 0 Å². The smallest absolute Gasteiger partial charge is 0.296 e. The lowest BCUT2D eigenvalue weighted by Crippen LogP contribution is -2.27. The van der Waals surface area contributed by atoms with Gasteiger partial charge in [0.2, 0.25) is 5.82 Å². The summed E-state index contributed by atoms with van der Waals surface area (Å²) in [6.07, 6.45) is 5.06. The predicted molar refractivity (Wildman–Crippen MR) is 69.2 cm³/mol. The minimum Gasteiger partial charge on any atom is -0.296 e. The van der Waals surface area contributed by atoms with E-state index in [9.17, 15) is 14.5 Å². The second-order valence-corrected chi connectivity index (χ2v) is 5.65. The van der Waals surface area contributed by atoms with Gasteiger partial charge in [-0.15, -0.1) is 0 Å². The van der Waals surface area contributed by atoms with Crippen molar-refractivity contribution in [3.05, 3.63) is 39.7 Å². The maximum Gasteiger partial charge on any atom is 0.304 e. The molecular weight excluding hydrogens is 247 g/mol. The topological polar surface area (TPSA) is 46.4 Å². The molecule has 0 radical (unpaired) electrons. The number of hydrogen-bond acceptors (Lipinski definition) is 3. The molecule has 1 aromatic carbocycles. The Labute approximate surface area is 111 Å². The van der Waals surface area contributed by atoms with Gasteiger partial charge in [-0.3, -0.25) is 15.0 Å². The lowest BCUT2D eigenvalue weighted by atomic mass is 10.1. The van der Waals surface area contributed by atoms with Gasteiger partial charge >= 0.3 is 5.69 Å². The van der Waals surface area contributed by atoms with Crippen molar-refractivity contribution in [2.75, 3.05) is 6.54 Å². The Bertz CT molecular complexity index is 498. The average Bonchev–Trinajstić information content (AvgIpc) is 3.22. The van der Waals surface area contributed by atoms with Crippen LogP contribution in [-0.4, -0.2) is 22.4 Å². The number of halogens is 1. The van der Waals surface area contributed by atoms with E-state index in [2.05, 4.69) is 4.90 Å². The molecule has 2 saturated carbocycles. The minimum atomic E-state index is -0.732.